The van der Waals surface area contributed by atoms with Crippen LogP contribution >= 0.6 is 0 Å². The highest BCUT2D eigenvalue weighted by atomic mass is 16.6. The van der Waals surface area contributed by atoms with Crippen LogP contribution < -0.4 is 0 Å². The van der Waals surface area contributed by atoms with Gasteiger partial charge in [-0.25, -0.2) is 0 Å². The molecule has 0 aromatic carbocycles. The SMILES string of the molecule is CCC(C)C1(OC(C)COC(C)CO)CCC1. The molecule has 0 saturated heterocycles. The summed E-state index contributed by atoms with van der Waals surface area (Å²) >= 11 is 0. The minimum absolute atomic E-state index is 0.0726. The summed E-state index contributed by atoms with van der Waals surface area (Å²) < 4.78 is 11.7. The molecule has 3 unspecified atom stereocenters. The van der Waals surface area contributed by atoms with Crippen LogP contribution in [-0.2, 0) is 9.47 Å². The van der Waals surface area contributed by atoms with Crippen molar-refractivity contribution in [3.63, 3.8) is 0 Å². The molecule has 0 bridgehead atoms. The lowest BCUT2D eigenvalue weighted by Crippen LogP contribution is -2.48. The molecule has 1 rings (SSSR count). The molecule has 0 spiro atoms. The van der Waals surface area contributed by atoms with E-state index in [-0.39, 0.29) is 24.4 Å². The predicted octanol–water partition coefficient (Wildman–Crippen LogP) is 2.76. The maximum atomic E-state index is 8.90. The molecule has 1 N–H and O–H groups in total. The number of hydrogen-bond donors (Lipinski definition) is 1. The van der Waals surface area contributed by atoms with E-state index >= 15 is 0 Å². The Bertz CT molecular complexity index is 214. The minimum atomic E-state index is -0.0954. The molecule has 0 aromatic heterocycles. The van der Waals surface area contributed by atoms with E-state index in [2.05, 4.69) is 20.8 Å². The largest absolute Gasteiger partial charge is 0.394 e. The molecule has 3 nitrogen and oxygen atoms in total. The molecule has 102 valence electrons. The Balaban J connectivity index is 2.35. The van der Waals surface area contributed by atoms with Crippen LogP contribution in [0.5, 0.6) is 0 Å². The molecule has 0 aliphatic heterocycles. The van der Waals surface area contributed by atoms with Gasteiger partial charge in [0.1, 0.15) is 0 Å². The van der Waals surface area contributed by atoms with Crippen molar-refractivity contribution in [1.29, 1.82) is 0 Å². The molecule has 1 fully saturated rings. The van der Waals surface area contributed by atoms with E-state index in [1.807, 2.05) is 6.92 Å². The van der Waals surface area contributed by atoms with Crippen LogP contribution in [0.25, 0.3) is 0 Å². The van der Waals surface area contributed by atoms with Crippen molar-refractivity contribution in [2.45, 2.75) is 71.2 Å². The second-order valence-electron chi connectivity index (χ2n) is 5.48. The Hall–Kier alpha value is -0.120. The first kappa shape index (κ1) is 14.9. The van der Waals surface area contributed by atoms with E-state index in [9.17, 15) is 0 Å². The Labute approximate surface area is 105 Å². The average molecular weight is 244 g/mol. The predicted molar refractivity (Wildman–Crippen MR) is 69.1 cm³/mol. The monoisotopic (exact) mass is 244 g/mol. The van der Waals surface area contributed by atoms with Crippen LogP contribution in [0, 0.1) is 5.92 Å². The lowest BCUT2D eigenvalue weighted by Gasteiger charge is -2.47. The van der Waals surface area contributed by atoms with E-state index in [0.29, 0.717) is 12.5 Å². The van der Waals surface area contributed by atoms with Crippen LogP contribution in [-0.4, -0.2) is 36.1 Å². The Kier molecular flexibility index (Phi) is 5.90. The average Bonchev–Trinajstić information content (AvgIpc) is 2.29. The second kappa shape index (κ2) is 6.72. The fourth-order valence-corrected chi connectivity index (χ4v) is 2.41. The normalized spacial score (nSPS) is 23.8. The summed E-state index contributed by atoms with van der Waals surface area (Å²) in [5.41, 5.74) is 0.0972. The highest BCUT2D eigenvalue weighted by Crippen LogP contribution is 2.43. The van der Waals surface area contributed by atoms with Gasteiger partial charge in [0.2, 0.25) is 0 Å². The molecular weight excluding hydrogens is 216 g/mol. The Morgan fingerprint density at radius 3 is 2.24 bits per heavy atom. The van der Waals surface area contributed by atoms with Crippen LogP contribution in [0.2, 0.25) is 0 Å². The summed E-state index contributed by atoms with van der Waals surface area (Å²) in [6.45, 7) is 9.09. The first-order chi connectivity index (χ1) is 8.04. The van der Waals surface area contributed by atoms with Crippen molar-refractivity contribution in [1.82, 2.24) is 0 Å². The van der Waals surface area contributed by atoms with Gasteiger partial charge in [0, 0.05) is 0 Å². The zero-order valence-corrected chi connectivity index (χ0v) is 11.7. The van der Waals surface area contributed by atoms with Crippen LogP contribution in [0.15, 0.2) is 0 Å². The van der Waals surface area contributed by atoms with Crippen LogP contribution in [0.4, 0.5) is 0 Å². The zero-order chi connectivity index (χ0) is 12.9. The number of hydrogen-bond acceptors (Lipinski definition) is 3. The fourth-order valence-electron chi connectivity index (χ4n) is 2.41. The molecule has 3 atom stereocenters. The van der Waals surface area contributed by atoms with Crippen molar-refractivity contribution in [2.75, 3.05) is 13.2 Å². The maximum absolute atomic E-state index is 8.90. The van der Waals surface area contributed by atoms with Crippen molar-refractivity contribution in [3.05, 3.63) is 0 Å². The van der Waals surface area contributed by atoms with Gasteiger partial charge in [-0.2, -0.15) is 0 Å². The molecule has 0 radical (unpaired) electrons. The van der Waals surface area contributed by atoms with Gasteiger partial charge in [0.25, 0.3) is 0 Å². The van der Waals surface area contributed by atoms with Gasteiger partial charge in [0.05, 0.1) is 31.0 Å². The van der Waals surface area contributed by atoms with E-state index < -0.39 is 0 Å². The molecule has 1 saturated carbocycles. The quantitative estimate of drug-likeness (QED) is 0.713. The first-order valence-corrected chi connectivity index (χ1v) is 6.94. The van der Waals surface area contributed by atoms with E-state index in [1.54, 1.807) is 0 Å². The summed E-state index contributed by atoms with van der Waals surface area (Å²) in [4.78, 5) is 0. The number of ether oxygens (including phenoxy) is 2. The molecular formula is C14H28O3. The standard InChI is InChI=1S/C14H28O3/c1-5-11(2)14(7-6-8-14)17-13(4)10-16-12(3)9-15/h11-13,15H,5-10H2,1-4H3. The van der Waals surface area contributed by atoms with Gasteiger partial charge in [-0.1, -0.05) is 20.3 Å². The number of aliphatic hydroxyl groups is 1. The van der Waals surface area contributed by atoms with Gasteiger partial charge >= 0.3 is 0 Å². The van der Waals surface area contributed by atoms with E-state index in [4.69, 9.17) is 14.6 Å². The smallest absolute Gasteiger partial charge is 0.0788 e. The molecule has 1 aliphatic rings. The summed E-state index contributed by atoms with van der Waals surface area (Å²) in [5, 5.41) is 8.90. The number of rotatable bonds is 8. The van der Waals surface area contributed by atoms with Crippen LogP contribution in [0.3, 0.4) is 0 Å². The van der Waals surface area contributed by atoms with Crippen molar-refractivity contribution < 1.29 is 14.6 Å². The summed E-state index contributed by atoms with van der Waals surface area (Å²) in [5.74, 6) is 0.619. The third kappa shape index (κ3) is 3.94. The third-order valence-corrected chi connectivity index (χ3v) is 4.02. The van der Waals surface area contributed by atoms with Gasteiger partial charge in [-0.15, -0.1) is 0 Å². The van der Waals surface area contributed by atoms with Crippen molar-refractivity contribution in [2.24, 2.45) is 5.92 Å². The second-order valence-corrected chi connectivity index (χ2v) is 5.48. The zero-order valence-electron chi connectivity index (χ0n) is 11.7. The molecule has 0 amide bonds. The molecule has 0 heterocycles. The van der Waals surface area contributed by atoms with Crippen LogP contribution in [0.1, 0.15) is 53.4 Å². The molecule has 0 aromatic rings. The molecule has 17 heavy (non-hydrogen) atoms. The number of aliphatic hydroxyl groups excluding tert-OH is 1. The lowest BCUT2D eigenvalue weighted by molar-refractivity contribution is -0.182. The Morgan fingerprint density at radius 1 is 1.18 bits per heavy atom. The Morgan fingerprint density at radius 2 is 1.82 bits per heavy atom. The first-order valence-electron chi connectivity index (χ1n) is 6.94. The molecule has 1 aliphatic carbocycles. The van der Waals surface area contributed by atoms with E-state index in [1.165, 1.54) is 25.7 Å². The summed E-state index contributed by atoms with van der Waals surface area (Å²) in [6, 6.07) is 0. The van der Waals surface area contributed by atoms with Gasteiger partial charge in [-0.05, 0) is 39.0 Å². The highest BCUT2D eigenvalue weighted by Gasteiger charge is 2.43. The fraction of sp³-hybridized carbons (Fsp3) is 1.00. The topological polar surface area (TPSA) is 38.7 Å². The van der Waals surface area contributed by atoms with Gasteiger partial charge in [0.15, 0.2) is 0 Å². The molecule has 3 heteroatoms. The summed E-state index contributed by atoms with van der Waals surface area (Å²) in [7, 11) is 0. The highest BCUT2D eigenvalue weighted by molar-refractivity contribution is 4.94. The summed E-state index contributed by atoms with van der Waals surface area (Å²) in [6.07, 6.45) is 4.83. The van der Waals surface area contributed by atoms with Crippen molar-refractivity contribution in [3.8, 4) is 0 Å². The van der Waals surface area contributed by atoms with Gasteiger partial charge in [-0.3, -0.25) is 0 Å². The lowest BCUT2D eigenvalue weighted by atomic mass is 9.70. The van der Waals surface area contributed by atoms with Gasteiger partial charge < -0.3 is 14.6 Å². The minimum Gasteiger partial charge on any atom is -0.394 e. The maximum Gasteiger partial charge on any atom is 0.0788 e. The van der Waals surface area contributed by atoms with Crippen molar-refractivity contribution >= 4 is 0 Å². The van der Waals surface area contributed by atoms with E-state index in [0.717, 1.165) is 0 Å². The third-order valence-electron chi connectivity index (χ3n) is 4.02.